The summed E-state index contributed by atoms with van der Waals surface area (Å²) in [7, 11) is 0. The van der Waals surface area contributed by atoms with Gasteiger partial charge in [-0.25, -0.2) is 4.39 Å². The Morgan fingerprint density at radius 2 is 1.66 bits per heavy atom. The zero-order valence-corrected chi connectivity index (χ0v) is 17.6. The third-order valence-electron chi connectivity index (χ3n) is 4.49. The summed E-state index contributed by atoms with van der Waals surface area (Å²) in [6.07, 6.45) is 0. The molecule has 0 spiro atoms. The number of hydrogen-bond donors (Lipinski definition) is 4. The molecule has 2 aromatic carbocycles. The maximum atomic E-state index is 13.0. The lowest BCUT2D eigenvalue weighted by Crippen LogP contribution is -2.55. The highest BCUT2D eigenvalue weighted by Crippen LogP contribution is 2.17. The Morgan fingerprint density at radius 1 is 1.00 bits per heavy atom. The molecule has 0 aliphatic rings. The third kappa shape index (κ3) is 6.25. The summed E-state index contributed by atoms with van der Waals surface area (Å²) in [5.41, 5.74) is 8.44. The first-order chi connectivity index (χ1) is 13.7. The van der Waals surface area contributed by atoms with Crippen LogP contribution in [0.4, 0.5) is 10.1 Å². The molecule has 0 aromatic heterocycles. The van der Waals surface area contributed by atoms with Crippen LogP contribution in [-0.4, -0.2) is 23.0 Å². The zero-order chi connectivity index (χ0) is 21.6. The second-order valence-corrected chi connectivity index (χ2v) is 7.43. The molecule has 4 N–H and O–H groups in total. The Morgan fingerprint density at radius 3 is 2.28 bits per heavy atom. The maximum Gasteiger partial charge on any atom is 0.261 e. The normalized spacial score (nSPS) is 11.5. The van der Waals surface area contributed by atoms with Crippen LogP contribution < -0.4 is 21.5 Å². The largest absolute Gasteiger partial charge is 0.340 e. The van der Waals surface area contributed by atoms with Gasteiger partial charge in [-0.05, 0) is 73.4 Å². The molecule has 0 aliphatic heterocycles. The van der Waals surface area contributed by atoms with E-state index in [1.807, 2.05) is 45.9 Å². The first kappa shape index (κ1) is 22.3. The highest BCUT2D eigenvalue weighted by atomic mass is 32.1. The van der Waals surface area contributed by atoms with E-state index in [9.17, 15) is 14.0 Å². The highest BCUT2D eigenvalue weighted by molar-refractivity contribution is 7.80. The standard InChI is InChI=1S/C21H25FN4O2S/c1-12(2)18(24-19(27)15-8-10-16(22)11-9-15)20(28)25-26-21(29)23-17-7-5-6-13(3)14(17)4/h5-12,18H,1-4H3,(H,24,27)(H,25,28)(H2,23,26,29)/t18-/m0/s1. The Kier molecular flexibility index (Phi) is 7.67. The summed E-state index contributed by atoms with van der Waals surface area (Å²) in [4.78, 5) is 24.9. The van der Waals surface area contributed by atoms with E-state index >= 15 is 0 Å². The van der Waals surface area contributed by atoms with Crippen LogP contribution in [0.15, 0.2) is 42.5 Å². The van der Waals surface area contributed by atoms with Crippen LogP contribution in [0.2, 0.25) is 0 Å². The van der Waals surface area contributed by atoms with Gasteiger partial charge in [-0.2, -0.15) is 0 Å². The van der Waals surface area contributed by atoms with Crippen molar-refractivity contribution in [3.05, 3.63) is 65.0 Å². The van der Waals surface area contributed by atoms with Gasteiger partial charge < -0.3 is 10.6 Å². The fourth-order valence-electron chi connectivity index (χ4n) is 2.60. The topological polar surface area (TPSA) is 82.3 Å². The number of thiocarbonyl (C=S) groups is 1. The molecule has 2 amide bonds. The minimum absolute atomic E-state index is 0.179. The van der Waals surface area contributed by atoms with Gasteiger partial charge in [0.2, 0.25) is 0 Å². The maximum absolute atomic E-state index is 13.0. The smallest absolute Gasteiger partial charge is 0.261 e. The molecule has 0 unspecified atom stereocenters. The van der Waals surface area contributed by atoms with Crippen LogP contribution >= 0.6 is 12.2 Å². The number of aryl methyl sites for hydroxylation is 1. The molecule has 154 valence electrons. The number of anilines is 1. The monoisotopic (exact) mass is 416 g/mol. The first-order valence-electron chi connectivity index (χ1n) is 9.18. The number of rotatable bonds is 5. The molecule has 0 radical (unpaired) electrons. The van der Waals surface area contributed by atoms with Crippen molar-refractivity contribution in [1.29, 1.82) is 0 Å². The number of amides is 2. The Labute approximate surface area is 175 Å². The molecule has 1 atom stereocenters. The van der Waals surface area contributed by atoms with Crippen LogP contribution in [0.5, 0.6) is 0 Å². The second-order valence-electron chi connectivity index (χ2n) is 7.02. The van der Waals surface area contributed by atoms with Crippen molar-refractivity contribution in [2.45, 2.75) is 33.7 Å². The summed E-state index contributed by atoms with van der Waals surface area (Å²) in [5, 5.41) is 5.92. The number of carbonyl (C=O) groups excluding carboxylic acids is 2. The molecule has 6 nitrogen and oxygen atoms in total. The molecular formula is C21H25FN4O2S. The van der Waals surface area contributed by atoms with Gasteiger partial charge in [0.1, 0.15) is 11.9 Å². The number of benzene rings is 2. The summed E-state index contributed by atoms with van der Waals surface area (Å²) < 4.78 is 13.0. The van der Waals surface area contributed by atoms with Crippen molar-refractivity contribution in [1.82, 2.24) is 16.2 Å². The van der Waals surface area contributed by atoms with Gasteiger partial charge >= 0.3 is 0 Å². The average molecular weight is 417 g/mol. The SMILES string of the molecule is Cc1cccc(NC(=S)NNC(=O)[C@@H](NC(=O)c2ccc(F)cc2)C(C)C)c1C. The van der Waals surface area contributed by atoms with Gasteiger partial charge in [-0.1, -0.05) is 26.0 Å². The molecule has 0 saturated carbocycles. The Bertz CT molecular complexity index is 900. The van der Waals surface area contributed by atoms with E-state index in [0.717, 1.165) is 16.8 Å². The van der Waals surface area contributed by atoms with E-state index in [1.165, 1.54) is 24.3 Å². The van der Waals surface area contributed by atoms with Gasteiger partial charge in [0.15, 0.2) is 5.11 Å². The lowest BCUT2D eigenvalue weighted by atomic mass is 10.0. The Hall–Kier alpha value is -3.00. The number of carbonyl (C=O) groups is 2. The van der Waals surface area contributed by atoms with Crippen molar-refractivity contribution in [3.8, 4) is 0 Å². The third-order valence-corrected chi connectivity index (χ3v) is 4.70. The van der Waals surface area contributed by atoms with Gasteiger partial charge in [0.25, 0.3) is 11.8 Å². The molecule has 2 rings (SSSR count). The fourth-order valence-corrected chi connectivity index (χ4v) is 2.76. The van der Waals surface area contributed by atoms with E-state index in [2.05, 4.69) is 21.5 Å². The van der Waals surface area contributed by atoms with E-state index in [4.69, 9.17) is 12.2 Å². The van der Waals surface area contributed by atoms with Crippen molar-refractivity contribution >= 4 is 34.8 Å². The number of hydrogen-bond acceptors (Lipinski definition) is 3. The van der Waals surface area contributed by atoms with Crippen molar-refractivity contribution in [2.75, 3.05) is 5.32 Å². The van der Waals surface area contributed by atoms with Gasteiger partial charge in [0, 0.05) is 11.3 Å². The predicted molar refractivity (Wildman–Crippen MR) is 116 cm³/mol. The number of nitrogens with one attached hydrogen (secondary N) is 4. The summed E-state index contributed by atoms with van der Waals surface area (Å²) in [5.74, 6) is -1.52. The molecule has 0 bridgehead atoms. The van der Waals surface area contributed by atoms with Crippen LogP contribution in [0, 0.1) is 25.6 Å². The Balaban J connectivity index is 1.95. The molecular weight excluding hydrogens is 391 g/mol. The number of hydrazine groups is 1. The lowest BCUT2D eigenvalue weighted by molar-refractivity contribution is -0.124. The first-order valence-corrected chi connectivity index (χ1v) is 9.59. The van der Waals surface area contributed by atoms with Crippen LogP contribution in [0.3, 0.4) is 0 Å². The van der Waals surface area contributed by atoms with E-state index in [1.54, 1.807) is 0 Å². The molecule has 29 heavy (non-hydrogen) atoms. The van der Waals surface area contributed by atoms with Crippen LogP contribution in [0.25, 0.3) is 0 Å². The van der Waals surface area contributed by atoms with E-state index < -0.39 is 23.7 Å². The van der Waals surface area contributed by atoms with Crippen molar-refractivity contribution in [2.24, 2.45) is 5.92 Å². The van der Waals surface area contributed by atoms with Gasteiger partial charge in [-0.15, -0.1) is 0 Å². The molecule has 0 fully saturated rings. The average Bonchev–Trinajstić information content (AvgIpc) is 2.68. The molecule has 8 heteroatoms. The van der Waals surface area contributed by atoms with E-state index in [0.29, 0.717) is 0 Å². The second kappa shape index (κ2) is 9.97. The van der Waals surface area contributed by atoms with Crippen molar-refractivity contribution in [3.63, 3.8) is 0 Å². The summed E-state index contributed by atoms with van der Waals surface area (Å²) in [6, 6.07) is 10.1. The lowest BCUT2D eigenvalue weighted by Gasteiger charge is -2.22. The fraction of sp³-hybridized carbons (Fsp3) is 0.286. The summed E-state index contributed by atoms with van der Waals surface area (Å²) >= 11 is 5.23. The van der Waals surface area contributed by atoms with Crippen LogP contribution in [0.1, 0.15) is 35.3 Å². The highest BCUT2D eigenvalue weighted by Gasteiger charge is 2.25. The van der Waals surface area contributed by atoms with E-state index in [-0.39, 0.29) is 16.6 Å². The van der Waals surface area contributed by atoms with Crippen molar-refractivity contribution < 1.29 is 14.0 Å². The van der Waals surface area contributed by atoms with Gasteiger partial charge in [-0.3, -0.25) is 20.4 Å². The predicted octanol–water partition coefficient (Wildman–Crippen LogP) is 3.21. The quantitative estimate of drug-likeness (QED) is 0.445. The van der Waals surface area contributed by atoms with Gasteiger partial charge in [0.05, 0.1) is 0 Å². The minimum Gasteiger partial charge on any atom is -0.340 e. The molecule has 2 aromatic rings. The summed E-state index contributed by atoms with van der Waals surface area (Å²) in [6.45, 7) is 7.58. The molecule has 0 heterocycles. The minimum atomic E-state index is -0.802. The zero-order valence-electron chi connectivity index (χ0n) is 16.8. The molecule has 0 aliphatic carbocycles. The van der Waals surface area contributed by atoms with Crippen LogP contribution in [-0.2, 0) is 4.79 Å². The number of halogens is 1. The molecule has 0 saturated heterocycles.